The second kappa shape index (κ2) is 9.90. The number of benzene rings is 5. The summed E-state index contributed by atoms with van der Waals surface area (Å²) in [7, 11) is 0. The Labute approximate surface area is 252 Å². The summed E-state index contributed by atoms with van der Waals surface area (Å²) in [5.41, 5.74) is 7.44. The van der Waals surface area contributed by atoms with Gasteiger partial charge in [0.15, 0.2) is 0 Å². The molecule has 2 aromatic heterocycles. The summed E-state index contributed by atoms with van der Waals surface area (Å²) in [4.78, 5) is 34.0. The van der Waals surface area contributed by atoms with E-state index < -0.39 is 0 Å². The summed E-state index contributed by atoms with van der Waals surface area (Å²) < 4.78 is 2.05. The molecular formula is C38H22N4O2. The van der Waals surface area contributed by atoms with Crippen LogP contribution in [0.1, 0.15) is 26.3 Å². The van der Waals surface area contributed by atoms with Gasteiger partial charge < -0.3 is 4.57 Å². The summed E-state index contributed by atoms with van der Waals surface area (Å²) in [6, 6.07) is 40.7. The van der Waals surface area contributed by atoms with Gasteiger partial charge in [-0.1, -0.05) is 84.9 Å². The van der Waals surface area contributed by atoms with Crippen LogP contribution < -0.4 is 4.90 Å². The number of imide groups is 1. The molecule has 0 saturated heterocycles. The van der Waals surface area contributed by atoms with Crippen LogP contribution in [0.5, 0.6) is 0 Å². The number of amides is 2. The highest BCUT2D eigenvalue weighted by Gasteiger charge is 2.40. The lowest BCUT2D eigenvalue weighted by Crippen LogP contribution is -2.30. The molecule has 0 atom stereocenters. The molecule has 0 spiro atoms. The fraction of sp³-hybridized carbons (Fsp3) is 0. The van der Waals surface area contributed by atoms with E-state index in [1.54, 1.807) is 24.5 Å². The SMILES string of the molecule is N#Cc1ccncc1-c1ccc2c3ccccc3n(-c3cccc4c3C(=O)N(c3ccccc3-c3ccccc3)C4=O)c2c1. The van der Waals surface area contributed by atoms with Crippen molar-refractivity contribution in [1.29, 1.82) is 5.26 Å². The van der Waals surface area contributed by atoms with Gasteiger partial charge in [0.25, 0.3) is 11.8 Å². The molecule has 7 aromatic rings. The first-order chi connectivity index (χ1) is 21.7. The van der Waals surface area contributed by atoms with E-state index in [0.717, 1.165) is 44.1 Å². The van der Waals surface area contributed by atoms with E-state index in [4.69, 9.17) is 0 Å². The highest BCUT2D eigenvalue weighted by Crippen LogP contribution is 2.41. The van der Waals surface area contributed by atoms with Crippen LogP contribution in [0.4, 0.5) is 5.69 Å². The van der Waals surface area contributed by atoms with Crippen molar-refractivity contribution in [2.45, 2.75) is 0 Å². The van der Waals surface area contributed by atoms with Crippen molar-refractivity contribution >= 4 is 39.3 Å². The lowest BCUT2D eigenvalue weighted by atomic mass is 10.0. The molecule has 1 aliphatic rings. The molecule has 3 heterocycles. The molecule has 0 N–H and O–H groups in total. The highest BCUT2D eigenvalue weighted by molar-refractivity contribution is 6.36. The molecule has 44 heavy (non-hydrogen) atoms. The molecule has 1 aliphatic heterocycles. The minimum absolute atomic E-state index is 0.354. The van der Waals surface area contributed by atoms with Gasteiger partial charge in [-0.05, 0) is 47.5 Å². The molecule has 0 unspecified atom stereocenters. The molecule has 6 nitrogen and oxygen atoms in total. The summed E-state index contributed by atoms with van der Waals surface area (Å²) in [5, 5.41) is 11.8. The monoisotopic (exact) mass is 566 g/mol. The molecule has 6 heteroatoms. The number of aromatic nitrogens is 2. The summed E-state index contributed by atoms with van der Waals surface area (Å²) in [5.74, 6) is -0.726. The van der Waals surface area contributed by atoms with Gasteiger partial charge in [0.2, 0.25) is 0 Å². The van der Waals surface area contributed by atoms with E-state index in [1.807, 2.05) is 108 Å². The van der Waals surface area contributed by atoms with Crippen molar-refractivity contribution in [3.8, 4) is 34.0 Å². The molecule has 0 bridgehead atoms. The Hall–Kier alpha value is -6.32. The predicted octanol–water partition coefficient (Wildman–Crippen LogP) is 8.18. The first-order valence-electron chi connectivity index (χ1n) is 14.2. The molecule has 206 valence electrons. The van der Waals surface area contributed by atoms with Crippen LogP contribution in [-0.2, 0) is 0 Å². The number of carbonyl (C=O) groups is 2. The fourth-order valence-electron chi connectivity index (χ4n) is 6.32. The highest BCUT2D eigenvalue weighted by atomic mass is 16.2. The number of hydrogen-bond donors (Lipinski definition) is 0. The fourth-order valence-corrected chi connectivity index (χ4v) is 6.32. The zero-order chi connectivity index (χ0) is 29.8. The first kappa shape index (κ1) is 25.4. The van der Waals surface area contributed by atoms with E-state index in [1.165, 1.54) is 4.90 Å². The Bertz CT molecular complexity index is 2350. The van der Waals surface area contributed by atoms with Crippen molar-refractivity contribution in [2.24, 2.45) is 0 Å². The first-order valence-corrected chi connectivity index (χ1v) is 14.2. The zero-order valence-corrected chi connectivity index (χ0v) is 23.3. The van der Waals surface area contributed by atoms with Gasteiger partial charge in [-0.25, -0.2) is 4.90 Å². The second-order valence-electron chi connectivity index (χ2n) is 10.6. The maximum atomic E-state index is 14.4. The quantitative estimate of drug-likeness (QED) is 0.201. The number of para-hydroxylation sites is 2. The maximum Gasteiger partial charge on any atom is 0.268 e. The number of nitriles is 1. The third-order valence-electron chi connectivity index (χ3n) is 8.29. The van der Waals surface area contributed by atoms with Gasteiger partial charge >= 0.3 is 0 Å². The largest absolute Gasteiger partial charge is 0.308 e. The number of hydrogen-bond acceptors (Lipinski definition) is 4. The molecule has 0 radical (unpaired) electrons. The number of rotatable bonds is 4. The minimum atomic E-state index is -0.370. The van der Waals surface area contributed by atoms with Gasteiger partial charge in [-0.15, -0.1) is 0 Å². The smallest absolute Gasteiger partial charge is 0.268 e. The summed E-state index contributed by atoms with van der Waals surface area (Å²) in [6.07, 6.45) is 3.30. The Balaban J connectivity index is 1.36. The Kier molecular flexibility index (Phi) is 5.71. The zero-order valence-electron chi connectivity index (χ0n) is 23.3. The molecule has 5 aromatic carbocycles. The van der Waals surface area contributed by atoms with Gasteiger partial charge in [0, 0.05) is 34.3 Å². The average molecular weight is 567 g/mol. The molecule has 0 saturated carbocycles. The van der Waals surface area contributed by atoms with Crippen LogP contribution in [0.3, 0.4) is 0 Å². The molecular weight excluding hydrogens is 544 g/mol. The van der Waals surface area contributed by atoms with Crippen molar-refractivity contribution in [1.82, 2.24) is 9.55 Å². The van der Waals surface area contributed by atoms with Gasteiger partial charge in [0.1, 0.15) is 0 Å². The Morgan fingerprint density at radius 2 is 1.32 bits per heavy atom. The Morgan fingerprint density at radius 1 is 0.591 bits per heavy atom. The maximum absolute atomic E-state index is 14.4. The van der Waals surface area contributed by atoms with Crippen molar-refractivity contribution in [3.63, 3.8) is 0 Å². The number of nitrogens with zero attached hydrogens (tertiary/aromatic N) is 4. The normalized spacial score (nSPS) is 12.6. The van der Waals surface area contributed by atoms with Crippen molar-refractivity contribution < 1.29 is 9.59 Å². The van der Waals surface area contributed by atoms with Crippen LogP contribution in [-0.4, -0.2) is 21.4 Å². The topological polar surface area (TPSA) is 79.0 Å². The lowest BCUT2D eigenvalue weighted by Gasteiger charge is -2.18. The third-order valence-corrected chi connectivity index (χ3v) is 8.29. The van der Waals surface area contributed by atoms with Crippen LogP contribution >= 0.6 is 0 Å². The van der Waals surface area contributed by atoms with Crippen LogP contribution in [0.25, 0.3) is 49.7 Å². The summed E-state index contributed by atoms with van der Waals surface area (Å²) in [6.45, 7) is 0. The second-order valence-corrected chi connectivity index (χ2v) is 10.6. The minimum Gasteiger partial charge on any atom is -0.308 e. The van der Waals surface area contributed by atoms with Crippen molar-refractivity contribution in [2.75, 3.05) is 4.90 Å². The van der Waals surface area contributed by atoms with Crippen LogP contribution in [0.15, 0.2) is 134 Å². The molecule has 2 amide bonds. The van der Waals surface area contributed by atoms with E-state index in [0.29, 0.717) is 28.1 Å². The van der Waals surface area contributed by atoms with Gasteiger partial charge in [-0.2, -0.15) is 5.26 Å². The number of anilines is 1. The van der Waals surface area contributed by atoms with Crippen LogP contribution in [0, 0.1) is 11.3 Å². The van der Waals surface area contributed by atoms with Crippen molar-refractivity contribution in [3.05, 3.63) is 150 Å². The number of fused-ring (bicyclic) bond motifs is 4. The van der Waals surface area contributed by atoms with E-state index in [9.17, 15) is 14.9 Å². The Morgan fingerprint density at radius 3 is 2.18 bits per heavy atom. The molecule has 0 fully saturated rings. The standard InChI is InChI=1S/C38H22N4O2/c39-22-26-19-20-40-23-31(26)25-17-18-29-28-12-5-7-15-33(28)41(35(29)21-25)34-16-8-13-30-36(34)38(44)42(37(30)43)32-14-6-4-11-27(32)24-9-2-1-3-10-24/h1-21,23H. The van der Waals surface area contributed by atoms with Crippen LogP contribution in [0.2, 0.25) is 0 Å². The van der Waals surface area contributed by atoms with E-state index in [-0.39, 0.29) is 11.8 Å². The average Bonchev–Trinajstić information content (AvgIpc) is 3.55. The van der Waals surface area contributed by atoms with Gasteiger partial charge in [0.05, 0.1) is 45.2 Å². The lowest BCUT2D eigenvalue weighted by molar-refractivity contribution is 0.0926. The number of carbonyl (C=O) groups excluding carboxylic acids is 2. The van der Waals surface area contributed by atoms with E-state index in [2.05, 4.69) is 17.1 Å². The number of pyridine rings is 1. The molecule has 0 aliphatic carbocycles. The van der Waals surface area contributed by atoms with Gasteiger partial charge in [-0.3, -0.25) is 14.6 Å². The third kappa shape index (κ3) is 3.70. The summed E-state index contributed by atoms with van der Waals surface area (Å²) >= 11 is 0. The predicted molar refractivity (Wildman–Crippen MR) is 172 cm³/mol. The molecule has 8 rings (SSSR count). The van der Waals surface area contributed by atoms with E-state index >= 15 is 0 Å².